The summed E-state index contributed by atoms with van der Waals surface area (Å²) in [5.74, 6) is -5.31. The third-order valence-corrected chi connectivity index (χ3v) is 14.1. The predicted octanol–water partition coefficient (Wildman–Crippen LogP) is 3.31. The molecule has 54 heavy (non-hydrogen) atoms. The molecule has 14 nitrogen and oxygen atoms in total. The van der Waals surface area contributed by atoms with Gasteiger partial charge in [-0.3, -0.25) is 25.1 Å². The van der Waals surface area contributed by atoms with Gasteiger partial charge in [-0.05, 0) is 85.0 Å². The quantitative estimate of drug-likeness (QED) is 0.0868. The lowest BCUT2D eigenvalue weighted by Crippen LogP contribution is -2.54. The molecule has 1 aliphatic heterocycles. The Hall–Kier alpha value is -3.79. The lowest BCUT2D eigenvalue weighted by atomic mass is 9.57. The molecule has 8 N–H and O–H groups in total. The first-order valence-corrected chi connectivity index (χ1v) is 20.2. The Kier molecular flexibility index (Phi) is 12.2. The Morgan fingerprint density at radius 2 is 1.63 bits per heavy atom. The third kappa shape index (κ3) is 8.24. The molecule has 2 heterocycles. The number of aromatic nitrogens is 1. The van der Waals surface area contributed by atoms with Crippen molar-refractivity contribution in [2.45, 2.75) is 126 Å². The number of carbonyl (C=O) groups is 5. The minimum Gasteiger partial charge on any atom is -0.478 e. The second-order valence-corrected chi connectivity index (χ2v) is 17.0. The van der Waals surface area contributed by atoms with Gasteiger partial charge >= 0.3 is 17.9 Å². The fourth-order valence-corrected chi connectivity index (χ4v) is 11.5. The standard InChI is InChI=1S/C39H52N4O10S/c40-39(52,36(50)51)17-9-28(44)42-27(32(45)43-33(46)34(47)48)22-54-31-30-29-25(35(49)53-30)21-24(20-23-10-18-41-19-11-23)38(15-6-7-16-38)26(29)8-2-1-3-12-37(31)13-4-5-14-37/h10-11,18-19,21,25-27,31,33,46,52H,1-9,12-17,20,22,40H2,(H,42,44)(H,43,45)(H,47,48)(H,50,51)/t25-,26+,27-,31?,33-,39+/m0/s1. The first-order valence-electron chi connectivity index (χ1n) is 19.2. The number of hydrogen-bond donors (Lipinski definition) is 7. The highest BCUT2D eigenvalue weighted by Crippen LogP contribution is 2.63. The number of nitrogens with two attached hydrogens (primary N) is 1. The van der Waals surface area contributed by atoms with Crippen molar-refractivity contribution in [1.82, 2.24) is 15.6 Å². The van der Waals surface area contributed by atoms with Crippen LogP contribution in [-0.4, -0.2) is 84.1 Å². The Labute approximate surface area is 318 Å². The smallest absolute Gasteiger partial charge is 0.353 e. The van der Waals surface area contributed by atoms with Crippen LogP contribution < -0.4 is 16.4 Å². The zero-order valence-corrected chi connectivity index (χ0v) is 31.3. The van der Waals surface area contributed by atoms with E-state index in [9.17, 15) is 44.4 Å². The Morgan fingerprint density at radius 3 is 2.28 bits per heavy atom. The largest absolute Gasteiger partial charge is 0.478 e. The van der Waals surface area contributed by atoms with Gasteiger partial charge in [0, 0.05) is 31.0 Å². The van der Waals surface area contributed by atoms with Crippen LogP contribution in [0.2, 0.25) is 0 Å². The van der Waals surface area contributed by atoms with Crippen LogP contribution in [0.25, 0.3) is 0 Å². The van der Waals surface area contributed by atoms with Crippen molar-refractivity contribution in [2.24, 2.45) is 28.4 Å². The average Bonchev–Trinajstić information content (AvgIpc) is 3.89. The molecule has 4 aliphatic carbocycles. The number of thioether (sulfide) groups is 1. The van der Waals surface area contributed by atoms with E-state index in [0.717, 1.165) is 101 Å². The van der Waals surface area contributed by atoms with Crippen molar-refractivity contribution in [3.63, 3.8) is 0 Å². The lowest BCUT2D eigenvalue weighted by Gasteiger charge is -2.47. The van der Waals surface area contributed by atoms with Crippen LogP contribution in [-0.2, 0) is 35.1 Å². The van der Waals surface area contributed by atoms with E-state index < -0.39 is 60.5 Å². The number of ether oxygens (including phenoxy) is 1. The lowest BCUT2D eigenvalue weighted by molar-refractivity contribution is -0.159. The maximum atomic E-state index is 14.1. The average molecular weight is 769 g/mol. The Morgan fingerprint density at radius 1 is 0.981 bits per heavy atom. The van der Waals surface area contributed by atoms with Crippen LogP contribution in [0.5, 0.6) is 0 Å². The second-order valence-electron chi connectivity index (χ2n) is 15.8. The van der Waals surface area contributed by atoms with Crippen LogP contribution >= 0.6 is 11.8 Å². The van der Waals surface area contributed by atoms with Crippen molar-refractivity contribution in [1.29, 1.82) is 0 Å². The molecule has 1 aromatic heterocycles. The number of carboxylic acids is 2. The van der Waals surface area contributed by atoms with E-state index in [4.69, 9.17) is 10.5 Å². The van der Waals surface area contributed by atoms with Gasteiger partial charge in [0.25, 0.3) is 0 Å². The fourth-order valence-electron chi connectivity index (χ4n) is 9.82. The second kappa shape index (κ2) is 16.5. The zero-order valence-electron chi connectivity index (χ0n) is 30.5. The first-order chi connectivity index (χ1) is 25.8. The van der Waals surface area contributed by atoms with E-state index in [-0.39, 0.29) is 33.7 Å². The number of rotatable bonds is 13. The summed E-state index contributed by atoms with van der Waals surface area (Å²) < 4.78 is 6.44. The van der Waals surface area contributed by atoms with Gasteiger partial charge < -0.3 is 35.8 Å². The number of aliphatic hydroxyl groups excluding tert-OH is 1. The van der Waals surface area contributed by atoms with Crippen molar-refractivity contribution in [2.75, 3.05) is 5.75 Å². The van der Waals surface area contributed by atoms with Crippen LogP contribution in [0.1, 0.15) is 102 Å². The number of esters is 1. The van der Waals surface area contributed by atoms with Crippen molar-refractivity contribution < 1.29 is 49.1 Å². The number of carboxylic acid groups (broad SMARTS) is 2. The number of carbonyl (C=O) groups excluding carboxylic acids is 3. The molecule has 2 amide bonds. The van der Waals surface area contributed by atoms with E-state index in [2.05, 4.69) is 16.4 Å². The van der Waals surface area contributed by atoms with Gasteiger partial charge in [-0.15, -0.1) is 11.8 Å². The number of fused-ring (bicyclic) bond motifs is 1. The Bertz CT molecular complexity index is 1670. The molecule has 0 radical (unpaired) electrons. The van der Waals surface area contributed by atoms with Crippen molar-refractivity contribution in [3.8, 4) is 0 Å². The first kappa shape index (κ1) is 39.9. The van der Waals surface area contributed by atoms with Gasteiger partial charge in [0.1, 0.15) is 17.7 Å². The summed E-state index contributed by atoms with van der Waals surface area (Å²) in [5.41, 5.74) is 5.85. The van der Waals surface area contributed by atoms with Crippen LogP contribution in [0, 0.1) is 22.7 Å². The van der Waals surface area contributed by atoms with E-state index in [1.54, 1.807) is 12.4 Å². The number of aliphatic hydroxyl groups is 2. The van der Waals surface area contributed by atoms with E-state index in [1.807, 2.05) is 17.4 Å². The minimum atomic E-state index is -2.68. The number of allylic oxidation sites excluding steroid dienone is 1. The highest BCUT2D eigenvalue weighted by Gasteiger charge is 2.57. The summed E-state index contributed by atoms with van der Waals surface area (Å²) in [4.78, 5) is 67.6. The normalized spacial score (nSPS) is 26.6. The topological polar surface area (TPSA) is 238 Å². The maximum absolute atomic E-state index is 14.1. The van der Waals surface area contributed by atoms with Gasteiger partial charge in [0.05, 0.1) is 5.25 Å². The minimum absolute atomic E-state index is 0.0694. The monoisotopic (exact) mass is 768 g/mol. The molecule has 294 valence electrons. The molecule has 6 rings (SSSR count). The van der Waals surface area contributed by atoms with Crippen LogP contribution in [0.4, 0.5) is 0 Å². The summed E-state index contributed by atoms with van der Waals surface area (Å²) in [6, 6.07) is 2.69. The number of nitrogens with zero attached hydrogens (tertiary/aromatic N) is 1. The molecule has 0 aromatic carbocycles. The van der Waals surface area contributed by atoms with Crippen molar-refractivity contribution in [3.05, 3.63) is 53.1 Å². The molecule has 2 saturated carbocycles. The fraction of sp³-hybridized carbons (Fsp3) is 0.641. The van der Waals surface area contributed by atoms with E-state index >= 15 is 0 Å². The number of nitrogens with one attached hydrogen (secondary N) is 2. The van der Waals surface area contributed by atoms with Crippen LogP contribution in [0.3, 0.4) is 0 Å². The number of amides is 2. The highest BCUT2D eigenvalue weighted by molar-refractivity contribution is 8.00. The molecule has 2 spiro atoms. The summed E-state index contributed by atoms with van der Waals surface area (Å²) in [6.45, 7) is 0. The molecule has 5 aliphatic rings. The maximum Gasteiger partial charge on any atom is 0.353 e. The van der Waals surface area contributed by atoms with Gasteiger partial charge in [-0.25, -0.2) is 9.59 Å². The molecule has 0 bridgehead atoms. The molecule has 0 saturated heterocycles. The molecule has 15 heteroatoms. The number of pyridine rings is 1. The zero-order chi connectivity index (χ0) is 38.7. The summed E-state index contributed by atoms with van der Waals surface area (Å²) >= 11 is 1.39. The molecular formula is C39H52N4O10S. The molecule has 1 unspecified atom stereocenters. The molecule has 1 aromatic rings. The van der Waals surface area contributed by atoms with Gasteiger partial charge in [0.15, 0.2) is 0 Å². The third-order valence-electron chi connectivity index (χ3n) is 12.5. The van der Waals surface area contributed by atoms with Gasteiger partial charge in [0.2, 0.25) is 23.8 Å². The summed E-state index contributed by atoms with van der Waals surface area (Å²) in [7, 11) is 0. The van der Waals surface area contributed by atoms with Gasteiger partial charge in [-0.1, -0.05) is 56.6 Å². The molecular weight excluding hydrogens is 717 g/mol. The van der Waals surface area contributed by atoms with Crippen molar-refractivity contribution >= 4 is 41.5 Å². The molecule has 6 atom stereocenters. The Balaban J connectivity index is 1.38. The molecule has 2 fully saturated rings. The summed E-state index contributed by atoms with van der Waals surface area (Å²) in [5, 5.41) is 42.6. The predicted molar refractivity (Wildman–Crippen MR) is 197 cm³/mol. The highest BCUT2D eigenvalue weighted by atomic mass is 32.2. The summed E-state index contributed by atoms with van der Waals surface area (Å²) in [6.07, 6.45) is 16.0. The van der Waals surface area contributed by atoms with Gasteiger partial charge in [-0.2, -0.15) is 0 Å². The SMILES string of the molecule is N[C@@](O)(CCC(=O)N[C@@H](CSC1C2=C3[C@H](C=C(Cc4ccncc4)C4(CCCC4)[C@@H]3CCCCCC13CCCC3)C(=O)O2)C(=O)N[C@@H](O)C(=O)O)C(=O)O. The van der Waals surface area contributed by atoms with E-state index in [0.29, 0.717) is 5.76 Å². The number of aliphatic carboxylic acids is 2. The van der Waals surface area contributed by atoms with E-state index in [1.165, 1.54) is 17.3 Å². The number of hydrogen-bond acceptors (Lipinski definition) is 11. The van der Waals surface area contributed by atoms with Crippen LogP contribution in [0.15, 0.2) is 47.5 Å².